The normalized spacial score (nSPS) is 28.4. The van der Waals surface area contributed by atoms with Crippen LogP contribution in [0.15, 0.2) is 0 Å². The first-order valence-electron chi connectivity index (χ1n) is 6.59. The zero-order valence-electron chi connectivity index (χ0n) is 9.74. The Morgan fingerprint density at radius 1 is 1.19 bits per heavy atom. The Morgan fingerprint density at radius 3 is 2.44 bits per heavy atom. The zero-order chi connectivity index (χ0) is 11.0. The van der Waals surface area contributed by atoms with E-state index in [-0.39, 0.29) is 5.54 Å². The van der Waals surface area contributed by atoms with Crippen LogP contribution in [0.2, 0.25) is 0 Å². The Hall–Kier alpha value is -0.590. The number of nitriles is 1. The van der Waals surface area contributed by atoms with Gasteiger partial charge in [-0.3, -0.25) is 5.32 Å². The van der Waals surface area contributed by atoms with E-state index in [0.29, 0.717) is 18.6 Å². The van der Waals surface area contributed by atoms with Gasteiger partial charge in [0, 0.05) is 12.6 Å². The van der Waals surface area contributed by atoms with E-state index >= 15 is 0 Å². The maximum absolute atomic E-state index is 9.45. The van der Waals surface area contributed by atoms with Gasteiger partial charge in [-0.2, -0.15) is 5.26 Å². The van der Waals surface area contributed by atoms with Crippen molar-refractivity contribution >= 4 is 0 Å². The fourth-order valence-electron chi connectivity index (χ4n) is 2.27. The van der Waals surface area contributed by atoms with Gasteiger partial charge in [-0.1, -0.05) is 0 Å². The van der Waals surface area contributed by atoms with Crippen molar-refractivity contribution in [3.63, 3.8) is 0 Å². The summed E-state index contributed by atoms with van der Waals surface area (Å²) >= 11 is 0. The highest BCUT2D eigenvalue weighted by Crippen LogP contribution is 2.41. The zero-order valence-corrected chi connectivity index (χ0v) is 9.74. The molecule has 0 aliphatic heterocycles. The third-order valence-corrected chi connectivity index (χ3v) is 3.89. The van der Waals surface area contributed by atoms with Gasteiger partial charge < -0.3 is 4.74 Å². The van der Waals surface area contributed by atoms with Crippen LogP contribution in [0.5, 0.6) is 0 Å². The fourth-order valence-corrected chi connectivity index (χ4v) is 2.27. The second-order valence-electron chi connectivity index (χ2n) is 5.73. The van der Waals surface area contributed by atoms with Crippen LogP contribution in [0.1, 0.15) is 38.5 Å². The molecule has 0 amide bonds. The summed E-state index contributed by atoms with van der Waals surface area (Å²) < 4.78 is 5.76. The topological polar surface area (TPSA) is 45.0 Å². The molecule has 0 aromatic heterocycles. The van der Waals surface area contributed by atoms with Gasteiger partial charge in [0.05, 0.1) is 12.7 Å². The van der Waals surface area contributed by atoms with Crippen molar-refractivity contribution < 1.29 is 4.74 Å². The standard InChI is InChI=1S/C13H20N2O/c14-8-13(11-3-4-11,15-12-5-6-12)9-16-7-10-1-2-10/h10-12,15H,1-7,9H2. The molecule has 0 spiro atoms. The van der Waals surface area contributed by atoms with Gasteiger partial charge in [0.2, 0.25) is 0 Å². The molecule has 3 saturated carbocycles. The van der Waals surface area contributed by atoms with E-state index in [0.717, 1.165) is 12.5 Å². The van der Waals surface area contributed by atoms with Gasteiger partial charge >= 0.3 is 0 Å². The molecule has 3 aliphatic carbocycles. The molecule has 3 rings (SSSR count). The first-order chi connectivity index (χ1) is 7.82. The minimum absolute atomic E-state index is 0.365. The molecule has 3 heteroatoms. The third-order valence-electron chi connectivity index (χ3n) is 3.89. The van der Waals surface area contributed by atoms with Crippen LogP contribution < -0.4 is 5.32 Å². The molecule has 0 aromatic rings. The number of nitrogens with one attached hydrogen (secondary N) is 1. The summed E-state index contributed by atoms with van der Waals surface area (Å²) in [5, 5.41) is 13.0. The van der Waals surface area contributed by atoms with E-state index in [1.54, 1.807) is 0 Å². The Balaban J connectivity index is 1.55. The summed E-state index contributed by atoms with van der Waals surface area (Å²) in [7, 11) is 0. The first kappa shape index (κ1) is 10.6. The molecule has 3 fully saturated rings. The Morgan fingerprint density at radius 2 is 1.94 bits per heavy atom. The van der Waals surface area contributed by atoms with Crippen LogP contribution in [0.25, 0.3) is 0 Å². The van der Waals surface area contributed by atoms with E-state index < -0.39 is 0 Å². The van der Waals surface area contributed by atoms with Gasteiger partial charge in [0.1, 0.15) is 5.54 Å². The maximum Gasteiger partial charge on any atom is 0.133 e. The Labute approximate surface area is 97.2 Å². The molecule has 0 radical (unpaired) electrons. The molecular weight excluding hydrogens is 200 g/mol. The molecule has 16 heavy (non-hydrogen) atoms. The highest BCUT2D eigenvalue weighted by Gasteiger charge is 2.48. The lowest BCUT2D eigenvalue weighted by Gasteiger charge is -2.28. The molecule has 1 unspecified atom stereocenters. The molecular formula is C13H20N2O. The molecule has 3 aliphatic rings. The average molecular weight is 220 g/mol. The van der Waals surface area contributed by atoms with Crippen molar-refractivity contribution in [1.29, 1.82) is 5.26 Å². The van der Waals surface area contributed by atoms with Crippen LogP contribution in [-0.4, -0.2) is 24.8 Å². The molecule has 0 heterocycles. The lowest BCUT2D eigenvalue weighted by Crippen LogP contribution is -2.51. The second-order valence-corrected chi connectivity index (χ2v) is 5.73. The monoisotopic (exact) mass is 220 g/mol. The van der Waals surface area contributed by atoms with Crippen LogP contribution in [0.4, 0.5) is 0 Å². The van der Waals surface area contributed by atoms with Gasteiger partial charge in [-0.05, 0) is 50.4 Å². The number of nitrogens with zero attached hydrogens (tertiary/aromatic N) is 1. The smallest absolute Gasteiger partial charge is 0.133 e. The van der Waals surface area contributed by atoms with Crippen LogP contribution in [0.3, 0.4) is 0 Å². The lowest BCUT2D eigenvalue weighted by atomic mass is 9.96. The number of hydrogen-bond acceptors (Lipinski definition) is 3. The van der Waals surface area contributed by atoms with E-state index in [1.165, 1.54) is 38.5 Å². The molecule has 3 nitrogen and oxygen atoms in total. The maximum atomic E-state index is 9.45. The van der Waals surface area contributed by atoms with Crippen molar-refractivity contribution in [3.8, 4) is 6.07 Å². The third kappa shape index (κ3) is 2.39. The molecule has 0 saturated heterocycles. The average Bonchev–Trinajstić information content (AvgIpc) is 3.15. The van der Waals surface area contributed by atoms with Crippen LogP contribution in [-0.2, 0) is 4.74 Å². The summed E-state index contributed by atoms with van der Waals surface area (Å²) in [5.74, 6) is 1.33. The fraction of sp³-hybridized carbons (Fsp3) is 0.923. The van der Waals surface area contributed by atoms with Crippen molar-refractivity contribution in [1.82, 2.24) is 5.32 Å². The van der Waals surface area contributed by atoms with Gasteiger partial charge in [-0.15, -0.1) is 0 Å². The Bertz CT molecular complexity index is 300. The van der Waals surface area contributed by atoms with Crippen LogP contribution in [0, 0.1) is 23.2 Å². The van der Waals surface area contributed by atoms with Gasteiger partial charge in [0.25, 0.3) is 0 Å². The molecule has 0 bridgehead atoms. The molecule has 88 valence electrons. The van der Waals surface area contributed by atoms with Gasteiger partial charge in [0.15, 0.2) is 0 Å². The minimum Gasteiger partial charge on any atom is -0.378 e. The molecule has 0 aromatic carbocycles. The predicted octanol–water partition coefficient (Wildman–Crippen LogP) is 1.84. The summed E-state index contributed by atoms with van der Waals surface area (Å²) in [6, 6.07) is 3.09. The van der Waals surface area contributed by atoms with Crippen molar-refractivity contribution in [3.05, 3.63) is 0 Å². The van der Waals surface area contributed by atoms with E-state index in [9.17, 15) is 5.26 Å². The number of hydrogen-bond donors (Lipinski definition) is 1. The van der Waals surface area contributed by atoms with Crippen molar-refractivity contribution in [2.45, 2.75) is 50.1 Å². The van der Waals surface area contributed by atoms with E-state index in [2.05, 4.69) is 11.4 Å². The summed E-state index contributed by atoms with van der Waals surface area (Å²) in [6.07, 6.45) is 7.50. The quantitative estimate of drug-likeness (QED) is 0.712. The van der Waals surface area contributed by atoms with Gasteiger partial charge in [-0.25, -0.2) is 0 Å². The summed E-state index contributed by atoms with van der Waals surface area (Å²) in [4.78, 5) is 0. The lowest BCUT2D eigenvalue weighted by molar-refractivity contribution is 0.0729. The number of ether oxygens (including phenoxy) is 1. The highest BCUT2D eigenvalue weighted by atomic mass is 16.5. The SMILES string of the molecule is N#CC(COCC1CC1)(NC1CC1)C1CC1. The highest BCUT2D eigenvalue weighted by molar-refractivity contribution is 5.17. The molecule has 1 N–H and O–H groups in total. The van der Waals surface area contributed by atoms with Crippen molar-refractivity contribution in [2.24, 2.45) is 11.8 Å². The minimum atomic E-state index is -0.365. The summed E-state index contributed by atoms with van der Waals surface area (Å²) in [5.41, 5.74) is -0.365. The van der Waals surface area contributed by atoms with Crippen LogP contribution >= 0.6 is 0 Å². The summed E-state index contributed by atoms with van der Waals surface area (Å²) in [6.45, 7) is 1.46. The first-order valence-corrected chi connectivity index (χ1v) is 6.59. The number of rotatable bonds is 7. The Kier molecular flexibility index (Phi) is 2.65. The second kappa shape index (κ2) is 4.01. The molecule has 1 atom stereocenters. The predicted molar refractivity (Wildman–Crippen MR) is 60.8 cm³/mol. The largest absolute Gasteiger partial charge is 0.378 e. The van der Waals surface area contributed by atoms with E-state index in [4.69, 9.17) is 4.74 Å². The van der Waals surface area contributed by atoms with Crippen molar-refractivity contribution in [2.75, 3.05) is 13.2 Å². The van der Waals surface area contributed by atoms with E-state index in [1.807, 2.05) is 0 Å².